The number of carbonyl (C=O) groups excluding carboxylic acids is 3. The van der Waals surface area contributed by atoms with Gasteiger partial charge in [0.05, 0.1) is 13.7 Å². The van der Waals surface area contributed by atoms with Crippen molar-refractivity contribution in [1.82, 2.24) is 15.1 Å². The molecule has 1 N–H and O–H groups in total. The number of benzene rings is 2. The summed E-state index contributed by atoms with van der Waals surface area (Å²) in [5, 5.41) is 2.90. The smallest absolute Gasteiger partial charge is 0.256 e. The third-order valence-electron chi connectivity index (χ3n) is 6.71. The summed E-state index contributed by atoms with van der Waals surface area (Å²) in [5.41, 5.74) is -0.239. The largest absolute Gasteiger partial charge is 0.497 e. The van der Waals surface area contributed by atoms with Gasteiger partial charge in [0.25, 0.3) is 11.8 Å². The molecule has 2 aromatic rings. The van der Waals surface area contributed by atoms with Gasteiger partial charge in [-0.1, -0.05) is 19.9 Å². The molecule has 1 spiro atoms. The summed E-state index contributed by atoms with van der Waals surface area (Å²) >= 11 is 0. The number of carbonyl (C=O) groups is 3. The van der Waals surface area contributed by atoms with Crippen molar-refractivity contribution in [2.75, 3.05) is 33.4 Å². The van der Waals surface area contributed by atoms with Gasteiger partial charge in [-0.3, -0.25) is 19.3 Å². The van der Waals surface area contributed by atoms with Crippen molar-refractivity contribution in [1.29, 1.82) is 0 Å². The zero-order valence-electron chi connectivity index (χ0n) is 20.8. The van der Waals surface area contributed by atoms with Crippen molar-refractivity contribution in [3.8, 4) is 5.75 Å². The van der Waals surface area contributed by atoms with Gasteiger partial charge in [-0.25, -0.2) is 4.39 Å². The summed E-state index contributed by atoms with van der Waals surface area (Å²) < 4.78 is 24.9. The Labute approximate surface area is 210 Å². The van der Waals surface area contributed by atoms with Crippen LogP contribution in [0.2, 0.25) is 0 Å². The third kappa shape index (κ3) is 5.21. The van der Waals surface area contributed by atoms with Gasteiger partial charge in [-0.2, -0.15) is 0 Å². The molecule has 4 rings (SSSR count). The molecule has 2 aliphatic rings. The Kier molecular flexibility index (Phi) is 7.59. The maximum absolute atomic E-state index is 13.6. The van der Waals surface area contributed by atoms with Gasteiger partial charge in [-0.05, 0) is 48.4 Å². The Bertz CT molecular complexity index is 1110. The summed E-state index contributed by atoms with van der Waals surface area (Å²) in [5.74, 6) is -0.424. The molecule has 0 aliphatic carbocycles. The second-order valence-electron chi connectivity index (χ2n) is 9.62. The summed E-state index contributed by atoms with van der Waals surface area (Å²) in [6.07, 6.45) is 0.702. The highest BCUT2D eigenvalue weighted by Gasteiger charge is 2.54. The average molecular weight is 498 g/mol. The molecule has 9 heteroatoms. The van der Waals surface area contributed by atoms with Crippen LogP contribution in [0.25, 0.3) is 0 Å². The van der Waals surface area contributed by atoms with Crippen molar-refractivity contribution in [2.45, 2.75) is 38.5 Å². The van der Waals surface area contributed by atoms with Gasteiger partial charge < -0.3 is 19.7 Å². The van der Waals surface area contributed by atoms with E-state index in [0.29, 0.717) is 43.8 Å². The van der Waals surface area contributed by atoms with Gasteiger partial charge in [-0.15, -0.1) is 0 Å². The van der Waals surface area contributed by atoms with Crippen LogP contribution >= 0.6 is 0 Å². The van der Waals surface area contributed by atoms with Crippen LogP contribution in [-0.2, 0) is 9.53 Å². The van der Waals surface area contributed by atoms with E-state index < -0.39 is 23.5 Å². The number of methoxy groups -OCH3 is 1. The second-order valence-corrected chi connectivity index (χ2v) is 9.62. The SMILES string of the molecule is COc1cccc(C(=O)N2CCC3(CC2)OCC(C(=O)NCC(C)C)N3C(=O)c2ccc(F)cc2)c1. The molecule has 2 aliphatic heterocycles. The van der Waals surface area contributed by atoms with Crippen molar-refractivity contribution >= 4 is 17.7 Å². The second kappa shape index (κ2) is 10.7. The van der Waals surface area contributed by atoms with Crippen LogP contribution in [0.4, 0.5) is 4.39 Å². The Balaban J connectivity index is 1.55. The zero-order chi connectivity index (χ0) is 25.9. The van der Waals surface area contributed by atoms with Gasteiger partial charge in [0, 0.05) is 43.6 Å². The molecule has 0 saturated carbocycles. The highest BCUT2D eigenvalue weighted by Crippen LogP contribution is 2.39. The molecule has 2 fully saturated rings. The fourth-order valence-electron chi connectivity index (χ4n) is 4.72. The van der Waals surface area contributed by atoms with E-state index in [4.69, 9.17) is 9.47 Å². The average Bonchev–Trinajstić information content (AvgIpc) is 3.25. The van der Waals surface area contributed by atoms with Crippen LogP contribution in [0.5, 0.6) is 5.75 Å². The van der Waals surface area contributed by atoms with E-state index in [1.165, 1.54) is 29.2 Å². The number of nitrogens with zero attached hydrogens (tertiary/aromatic N) is 2. The minimum Gasteiger partial charge on any atom is -0.497 e. The molecule has 0 radical (unpaired) electrons. The first-order chi connectivity index (χ1) is 17.2. The normalized spacial score (nSPS) is 19.0. The fraction of sp³-hybridized carbons (Fsp3) is 0.444. The summed E-state index contributed by atoms with van der Waals surface area (Å²) in [7, 11) is 1.55. The Morgan fingerprint density at radius 2 is 1.78 bits per heavy atom. The van der Waals surface area contributed by atoms with E-state index in [9.17, 15) is 18.8 Å². The van der Waals surface area contributed by atoms with E-state index in [0.717, 1.165) is 0 Å². The lowest BCUT2D eigenvalue weighted by Gasteiger charge is -2.44. The zero-order valence-corrected chi connectivity index (χ0v) is 20.8. The number of piperidine rings is 1. The van der Waals surface area contributed by atoms with Crippen LogP contribution in [0.15, 0.2) is 48.5 Å². The van der Waals surface area contributed by atoms with Gasteiger partial charge in [0.2, 0.25) is 5.91 Å². The molecule has 1 unspecified atom stereocenters. The third-order valence-corrected chi connectivity index (χ3v) is 6.71. The van der Waals surface area contributed by atoms with Crippen LogP contribution in [0, 0.1) is 11.7 Å². The quantitative estimate of drug-likeness (QED) is 0.663. The molecule has 2 aromatic carbocycles. The summed E-state index contributed by atoms with van der Waals surface area (Å²) in [6.45, 7) is 5.21. The summed E-state index contributed by atoms with van der Waals surface area (Å²) in [6, 6.07) is 11.4. The number of likely N-dealkylation sites (tertiary alicyclic amines) is 1. The molecule has 2 saturated heterocycles. The van der Waals surface area contributed by atoms with E-state index in [-0.39, 0.29) is 29.9 Å². The van der Waals surface area contributed by atoms with Crippen LogP contribution in [0.3, 0.4) is 0 Å². The van der Waals surface area contributed by atoms with Gasteiger partial charge in [0.15, 0.2) is 0 Å². The molecule has 1 atom stereocenters. The molecule has 0 bridgehead atoms. The Morgan fingerprint density at radius 1 is 1.08 bits per heavy atom. The Morgan fingerprint density at radius 3 is 2.42 bits per heavy atom. The monoisotopic (exact) mass is 497 g/mol. The van der Waals surface area contributed by atoms with Crippen molar-refractivity contribution in [2.24, 2.45) is 5.92 Å². The van der Waals surface area contributed by atoms with E-state index in [2.05, 4.69) is 5.32 Å². The van der Waals surface area contributed by atoms with Crippen LogP contribution in [0.1, 0.15) is 47.4 Å². The van der Waals surface area contributed by atoms with Crippen molar-refractivity contribution < 1.29 is 28.2 Å². The predicted molar refractivity (Wildman–Crippen MR) is 131 cm³/mol. The Hall–Kier alpha value is -3.46. The highest BCUT2D eigenvalue weighted by molar-refractivity contribution is 5.98. The first-order valence-electron chi connectivity index (χ1n) is 12.2. The minimum atomic E-state index is -1.03. The standard InChI is InChI=1S/C27H32FN3O5/c1-18(2)16-29-24(32)23-17-36-27(31(23)26(34)19-7-9-21(28)10-8-19)11-13-30(14-12-27)25(33)20-5-4-6-22(15-20)35-3/h4-10,15,18,23H,11-14,16-17H2,1-3H3,(H,29,32). The lowest BCUT2D eigenvalue weighted by molar-refractivity contribution is -0.128. The number of nitrogens with one attached hydrogen (secondary N) is 1. The number of hydrogen-bond acceptors (Lipinski definition) is 5. The topological polar surface area (TPSA) is 88.2 Å². The fourth-order valence-corrected chi connectivity index (χ4v) is 4.72. The minimum absolute atomic E-state index is 0.0562. The van der Waals surface area contributed by atoms with E-state index in [1.54, 1.807) is 36.3 Å². The summed E-state index contributed by atoms with van der Waals surface area (Å²) in [4.78, 5) is 43.0. The van der Waals surface area contributed by atoms with E-state index in [1.807, 2.05) is 13.8 Å². The van der Waals surface area contributed by atoms with Crippen molar-refractivity contribution in [3.05, 3.63) is 65.5 Å². The number of ether oxygens (including phenoxy) is 2. The number of rotatable bonds is 6. The number of amides is 3. The molecule has 8 nitrogen and oxygen atoms in total. The molecular weight excluding hydrogens is 465 g/mol. The molecule has 36 heavy (non-hydrogen) atoms. The first kappa shape index (κ1) is 25.6. The van der Waals surface area contributed by atoms with Crippen molar-refractivity contribution in [3.63, 3.8) is 0 Å². The number of halogens is 1. The van der Waals surface area contributed by atoms with Crippen LogP contribution in [-0.4, -0.2) is 72.6 Å². The molecule has 2 heterocycles. The molecule has 192 valence electrons. The molecule has 3 amide bonds. The maximum atomic E-state index is 13.6. The lowest BCUT2D eigenvalue weighted by atomic mass is 9.96. The molecular formula is C27H32FN3O5. The maximum Gasteiger partial charge on any atom is 0.256 e. The number of hydrogen-bond donors (Lipinski definition) is 1. The van der Waals surface area contributed by atoms with E-state index >= 15 is 0 Å². The molecule has 0 aromatic heterocycles. The van der Waals surface area contributed by atoms with Gasteiger partial charge in [0.1, 0.15) is 23.3 Å². The predicted octanol–water partition coefficient (Wildman–Crippen LogP) is 3.08. The first-order valence-corrected chi connectivity index (χ1v) is 12.2. The highest BCUT2D eigenvalue weighted by atomic mass is 19.1. The lowest BCUT2D eigenvalue weighted by Crippen LogP contribution is -2.60. The van der Waals surface area contributed by atoms with Crippen LogP contribution < -0.4 is 10.1 Å². The van der Waals surface area contributed by atoms with Gasteiger partial charge >= 0.3 is 0 Å².